The molecule has 0 radical (unpaired) electrons. The summed E-state index contributed by atoms with van der Waals surface area (Å²) in [5, 5.41) is 4.28. The maximum Gasteiger partial charge on any atom is 0.185 e. The van der Waals surface area contributed by atoms with Gasteiger partial charge in [-0.25, -0.2) is 4.98 Å². The van der Waals surface area contributed by atoms with Crippen molar-refractivity contribution in [2.24, 2.45) is 0 Å². The van der Waals surface area contributed by atoms with Gasteiger partial charge in [0.1, 0.15) is 0 Å². The molecular formula is C12H21N3OS. The van der Waals surface area contributed by atoms with Crippen molar-refractivity contribution in [1.29, 1.82) is 0 Å². The molecular weight excluding hydrogens is 234 g/mol. The van der Waals surface area contributed by atoms with Gasteiger partial charge in [0.25, 0.3) is 0 Å². The SMILES string of the molecule is CNCc1cnc(N2CCCC(C)(OC)C2)s1. The predicted octanol–water partition coefficient (Wildman–Crippen LogP) is 1.87. The lowest BCUT2D eigenvalue weighted by Crippen LogP contribution is -2.47. The number of anilines is 1. The Kier molecular flexibility index (Phi) is 4.01. The highest BCUT2D eigenvalue weighted by Crippen LogP contribution is 2.30. The molecule has 1 aliphatic heterocycles. The summed E-state index contributed by atoms with van der Waals surface area (Å²) in [7, 11) is 3.76. The molecule has 1 atom stereocenters. The van der Waals surface area contributed by atoms with E-state index in [1.165, 1.54) is 11.3 Å². The molecule has 0 saturated carbocycles. The van der Waals surface area contributed by atoms with Gasteiger partial charge in [-0.15, -0.1) is 11.3 Å². The number of nitrogens with zero attached hydrogens (tertiary/aromatic N) is 2. The number of rotatable bonds is 4. The third kappa shape index (κ3) is 2.97. The van der Waals surface area contributed by atoms with E-state index in [0.29, 0.717) is 0 Å². The van der Waals surface area contributed by atoms with E-state index in [2.05, 4.69) is 22.1 Å². The largest absolute Gasteiger partial charge is 0.377 e. The Bertz CT molecular complexity index is 368. The van der Waals surface area contributed by atoms with Gasteiger partial charge in [0.2, 0.25) is 0 Å². The van der Waals surface area contributed by atoms with Crippen LogP contribution in [0.3, 0.4) is 0 Å². The topological polar surface area (TPSA) is 37.4 Å². The Labute approximate surface area is 107 Å². The normalized spacial score (nSPS) is 25.2. The van der Waals surface area contributed by atoms with E-state index in [1.807, 2.05) is 13.2 Å². The zero-order chi connectivity index (χ0) is 12.3. The molecule has 0 spiro atoms. The van der Waals surface area contributed by atoms with Crippen molar-refractivity contribution in [3.63, 3.8) is 0 Å². The van der Waals surface area contributed by atoms with E-state index in [1.54, 1.807) is 18.4 Å². The number of aromatic nitrogens is 1. The minimum Gasteiger partial charge on any atom is -0.377 e. The average molecular weight is 255 g/mol. The molecule has 96 valence electrons. The highest BCUT2D eigenvalue weighted by Gasteiger charge is 2.31. The highest BCUT2D eigenvalue weighted by atomic mass is 32.1. The molecule has 1 aromatic heterocycles. The number of hydrogen-bond donors (Lipinski definition) is 1. The molecule has 0 aromatic carbocycles. The molecule has 5 heteroatoms. The van der Waals surface area contributed by atoms with Crippen LogP contribution in [0.5, 0.6) is 0 Å². The molecule has 2 rings (SSSR count). The zero-order valence-electron chi connectivity index (χ0n) is 10.8. The standard InChI is InChI=1S/C12H21N3OS/c1-12(16-3)5-4-6-15(9-12)11-14-8-10(17-11)7-13-2/h8,13H,4-7,9H2,1-3H3. The molecule has 1 saturated heterocycles. The molecule has 0 bridgehead atoms. The van der Waals surface area contributed by atoms with Crippen LogP contribution in [0.25, 0.3) is 0 Å². The highest BCUT2D eigenvalue weighted by molar-refractivity contribution is 7.15. The summed E-state index contributed by atoms with van der Waals surface area (Å²) in [5.74, 6) is 0. The van der Waals surface area contributed by atoms with Gasteiger partial charge in [-0.05, 0) is 26.8 Å². The summed E-state index contributed by atoms with van der Waals surface area (Å²) in [6.07, 6.45) is 4.27. The third-order valence-electron chi connectivity index (χ3n) is 3.31. The summed E-state index contributed by atoms with van der Waals surface area (Å²) in [6, 6.07) is 0. The molecule has 0 amide bonds. The summed E-state index contributed by atoms with van der Waals surface area (Å²) >= 11 is 1.77. The second-order valence-corrected chi connectivity index (χ2v) is 5.91. The Morgan fingerprint density at radius 3 is 3.18 bits per heavy atom. The van der Waals surface area contributed by atoms with Crippen molar-refractivity contribution in [3.8, 4) is 0 Å². The summed E-state index contributed by atoms with van der Waals surface area (Å²) in [6.45, 7) is 5.11. The number of methoxy groups -OCH3 is 1. The lowest BCUT2D eigenvalue weighted by molar-refractivity contribution is -0.00466. The number of ether oxygens (including phenoxy) is 1. The van der Waals surface area contributed by atoms with Gasteiger partial charge in [0.05, 0.1) is 5.60 Å². The summed E-state index contributed by atoms with van der Waals surface area (Å²) in [4.78, 5) is 8.14. The lowest BCUT2D eigenvalue weighted by Gasteiger charge is -2.39. The van der Waals surface area contributed by atoms with Crippen LogP contribution in [0.1, 0.15) is 24.6 Å². The van der Waals surface area contributed by atoms with Crippen LogP contribution < -0.4 is 10.2 Å². The Morgan fingerprint density at radius 2 is 2.47 bits per heavy atom. The fourth-order valence-electron chi connectivity index (χ4n) is 2.23. The molecule has 1 N–H and O–H groups in total. The quantitative estimate of drug-likeness (QED) is 0.891. The van der Waals surface area contributed by atoms with Gasteiger partial charge in [0, 0.05) is 37.8 Å². The van der Waals surface area contributed by atoms with Gasteiger partial charge in [0.15, 0.2) is 5.13 Å². The van der Waals surface area contributed by atoms with E-state index in [-0.39, 0.29) is 5.60 Å². The van der Waals surface area contributed by atoms with Crippen molar-refractivity contribution >= 4 is 16.5 Å². The fourth-order valence-corrected chi connectivity index (χ4v) is 3.18. The Balaban J connectivity index is 2.05. The number of piperidine rings is 1. The van der Waals surface area contributed by atoms with E-state index in [4.69, 9.17) is 4.74 Å². The molecule has 17 heavy (non-hydrogen) atoms. The van der Waals surface area contributed by atoms with Crippen molar-refractivity contribution in [2.45, 2.75) is 31.9 Å². The van der Waals surface area contributed by atoms with Crippen LogP contribution in [-0.4, -0.2) is 37.8 Å². The first kappa shape index (κ1) is 12.8. The van der Waals surface area contributed by atoms with Gasteiger partial charge >= 0.3 is 0 Å². The van der Waals surface area contributed by atoms with Crippen LogP contribution >= 0.6 is 11.3 Å². The van der Waals surface area contributed by atoms with Crippen LogP contribution in [0.4, 0.5) is 5.13 Å². The van der Waals surface area contributed by atoms with E-state index < -0.39 is 0 Å². The number of thiazole rings is 1. The second-order valence-electron chi connectivity index (χ2n) is 4.82. The minimum atomic E-state index is -0.0207. The number of hydrogen-bond acceptors (Lipinski definition) is 5. The molecule has 2 heterocycles. The first-order chi connectivity index (χ1) is 8.17. The maximum atomic E-state index is 5.61. The lowest BCUT2D eigenvalue weighted by atomic mass is 9.95. The van der Waals surface area contributed by atoms with E-state index in [0.717, 1.165) is 31.2 Å². The Morgan fingerprint density at radius 1 is 1.65 bits per heavy atom. The first-order valence-electron chi connectivity index (χ1n) is 6.06. The smallest absolute Gasteiger partial charge is 0.185 e. The first-order valence-corrected chi connectivity index (χ1v) is 6.88. The van der Waals surface area contributed by atoms with Gasteiger partial charge in [-0.2, -0.15) is 0 Å². The molecule has 4 nitrogen and oxygen atoms in total. The van der Waals surface area contributed by atoms with E-state index in [9.17, 15) is 0 Å². The fraction of sp³-hybridized carbons (Fsp3) is 0.750. The van der Waals surface area contributed by atoms with Crippen molar-refractivity contribution < 1.29 is 4.74 Å². The molecule has 0 aliphatic carbocycles. The summed E-state index contributed by atoms with van der Waals surface area (Å²) < 4.78 is 5.61. The van der Waals surface area contributed by atoms with Crippen molar-refractivity contribution in [3.05, 3.63) is 11.1 Å². The van der Waals surface area contributed by atoms with Crippen LogP contribution in [0.2, 0.25) is 0 Å². The zero-order valence-corrected chi connectivity index (χ0v) is 11.6. The van der Waals surface area contributed by atoms with Crippen LogP contribution in [0, 0.1) is 0 Å². The third-order valence-corrected chi connectivity index (χ3v) is 4.37. The summed E-state index contributed by atoms with van der Waals surface area (Å²) in [5.41, 5.74) is -0.0207. The van der Waals surface area contributed by atoms with Crippen molar-refractivity contribution in [2.75, 3.05) is 32.1 Å². The van der Waals surface area contributed by atoms with Gasteiger partial charge in [-0.1, -0.05) is 0 Å². The number of nitrogens with one attached hydrogen (secondary N) is 1. The Hall–Kier alpha value is -0.650. The van der Waals surface area contributed by atoms with Crippen LogP contribution in [-0.2, 0) is 11.3 Å². The predicted molar refractivity (Wildman–Crippen MR) is 71.7 cm³/mol. The molecule has 1 unspecified atom stereocenters. The second kappa shape index (κ2) is 5.33. The van der Waals surface area contributed by atoms with E-state index >= 15 is 0 Å². The molecule has 1 aromatic rings. The average Bonchev–Trinajstić information content (AvgIpc) is 2.78. The maximum absolute atomic E-state index is 5.61. The van der Waals surface area contributed by atoms with Gasteiger partial charge < -0.3 is 15.0 Å². The van der Waals surface area contributed by atoms with Crippen molar-refractivity contribution in [1.82, 2.24) is 10.3 Å². The molecule has 1 aliphatic rings. The monoisotopic (exact) mass is 255 g/mol. The minimum absolute atomic E-state index is 0.0207. The molecule has 1 fully saturated rings. The van der Waals surface area contributed by atoms with Crippen LogP contribution in [0.15, 0.2) is 6.20 Å². The van der Waals surface area contributed by atoms with Gasteiger partial charge in [-0.3, -0.25) is 0 Å².